The van der Waals surface area contributed by atoms with E-state index in [0.717, 1.165) is 0 Å². The number of rotatable bonds is 1. The summed E-state index contributed by atoms with van der Waals surface area (Å²) in [5.74, 6) is 0.111. The fourth-order valence-electron chi connectivity index (χ4n) is 0. The molecule has 0 aliphatic heterocycles. The van der Waals surface area contributed by atoms with Crippen LogP contribution in [-0.4, -0.2) is 76.5 Å². The van der Waals surface area contributed by atoms with Gasteiger partial charge in [0.1, 0.15) is 6.29 Å². The molecule has 11 heteroatoms. The maximum Gasteiger partial charge on any atom is 2.00 e. The molecule has 0 rings (SSSR count). The molecule has 13 heavy (non-hydrogen) atoms. The van der Waals surface area contributed by atoms with E-state index in [-0.39, 0.29) is 43.6 Å². The predicted octanol–water partition coefficient (Wildman–Crippen LogP) is -1.28. The van der Waals surface area contributed by atoms with Crippen molar-refractivity contribution in [2.24, 2.45) is 0 Å². The molecule has 2 unspecified atom stereocenters. The van der Waals surface area contributed by atoms with Gasteiger partial charge in [-0.1, -0.05) is 0 Å². The molecule has 0 amide bonds. The normalized spacial score (nSPS) is 11.5. The van der Waals surface area contributed by atoms with E-state index in [0.29, 0.717) is 6.29 Å². The van der Waals surface area contributed by atoms with Crippen molar-refractivity contribution < 1.29 is 31.4 Å². The van der Waals surface area contributed by atoms with Crippen LogP contribution in [0.5, 0.6) is 0 Å². The van der Waals surface area contributed by atoms with Gasteiger partial charge in [-0.3, -0.25) is 0 Å². The Morgan fingerprint density at radius 3 is 1.31 bits per heavy atom. The van der Waals surface area contributed by atoms with E-state index in [1.165, 1.54) is 0 Å². The quantitative estimate of drug-likeness (QED) is 0.264. The third kappa shape index (κ3) is 310. The molecular weight excluding hydrogens is 276 g/mol. The van der Waals surface area contributed by atoms with Crippen LogP contribution in [-0.2, 0) is 27.5 Å². The summed E-state index contributed by atoms with van der Waals surface area (Å²) in [6.07, 6.45) is 0.640. The van der Waals surface area contributed by atoms with E-state index in [9.17, 15) is 0 Å². The molecule has 0 saturated carbocycles. The van der Waals surface area contributed by atoms with Crippen molar-refractivity contribution in [3.05, 3.63) is 0 Å². The molecule has 0 spiro atoms. The minimum absolute atomic E-state index is 0. The molecule has 76 valence electrons. The molecule has 0 fully saturated rings. The van der Waals surface area contributed by atoms with Crippen molar-refractivity contribution in [3.8, 4) is 0 Å². The van der Waals surface area contributed by atoms with Crippen molar-refractivity contribution >= 4 is 78.3 Å². The Bertz CT molecular complexity index is 122. The van der Waals surface area contributed by atoms with Crippen LogP contribution >= 0.6 is 11.6 Å². The second-order valence-corrected chi connectivity index (χ2v) is 1.93. The van der Waals surface area contributed by atoms with E-state index < -0.39 is 22.7 Å². The van der Waals surface area contributed by atoms with Gasteiger partial charge in [0.15, 0.2) is 0 Å². The largest absolute Gasteiger partial charge is 2.00 e. The molecule has 0 aromatic carbocycles. The Morgan fingerprint density at radius 1 is 1.23 bits per heavy atom. The van der Waals surface area contributed by atoms with Gasteiger partial charge in [-0.05, 0) is 0 Å². The first kappa shape index (κ1) is 23.9. The number of carbonyl (C=O) groups excluding carboxylic acids is 1. The number of carbonyl (C=O) groups is 1. The maximum absolute atomic E-state index is 9.04. The number of alkyl halides is 1. The fraction of sp³-hybridized carbons (Fsp3) is 0.500. The van der Waals surface area contributed by atoms with E-state index in [1.807, 2.05) is 0 Å². The van der Waals surface area contributed by atoms with Crippen molar-refractivity contribution in [1.82, 2.24) is 0 Å². The molecular formula is C2H5CaClO7S2. The van der Waals surface area contributed by atoms with Gasteiger partial charge in [-0.2, -0.15) is 0 Å². The Balaban J connectivity index is -0.0000000450. The maximum atomic E-state index is 9.04. The van der Waals surface area contributed by atoms with Crippen LogP contribution in [0.25, 0.3) is 0 Å². The molecule has 0 saturated heterocycles. The molecule has 0 bridgehead atoms. The van der Waals surface area contributed by atoms with Crippen LogP contribution < -0.4 is 0 Å². The summed E-state index contributed by atoms with van der Waals surface area (Å²) >= 11 is -0.904. The summed E-state index contributed by atoms with van der Waals surface area (Å²) in [5.41, 5.74) is 0. The van der Waals surface area contributed by atoms with E-state index >= 15 is 0 Å². The first-order valence-corrected chi connectivity index (χ1v) is 4.54. The second kappa shape index (κ2) is 23.3. The third-order valence-corrected chi connectivity index (χ3v) is 0.189. The molecule has 2 N–H and O–H groups in total. The van der Waals surface area contributed by atoms with Crippen LogP contribution in [0.4, 0.5) is 0 Å². The average molecular weight is 281 g/mol. The predicted molar refractivity (Wildman–Crippen MR) is 45.6 cm³/mol. The van der Waals surface area contributed by atoms with E-state index in [2.05, 4.69) is 0 Å². The molecule has 0 aromatic heterocycles. The van der Waals surface area contributed by atoms with E-state index in [1.54, 1.807) is 0 Å². The molecule has 0 aliphatic rings. The van der Waals surface area contributed by atoms with E-state index in [4.69, 9.17) is 43.0 Å². The standard InChI is InChI=1S/C2H3ClO.Ca.2H2O3S/c3-1-2-4;;2*1-4(2)3/h2H,1H2;;2*(H2,1,2,3)/q;+2;;/p-2. The summed E-state index contributed by atoms with van der Waals surface area (Å²) in [6, 6.07) is 0. The summed E-state index contributed by atoms with van der Waals surface area (Å²) < 4.78 is 48.2. The molecule has 0 aromatic rings. The zero-order valence-electron chi connectivity index (χ0n) is 6.12. The third-order valence-electron chi connectivity index (χ3n) is 0.0630. The molecule has 0 heterocycles. The fourth-order valence-corrected chi connectivity index (χ4v) is 0. The second-order valence-electron chi connectivity index (χ2n) is 0.755. The van der Waals surface area contributed by atoms with Crippen molar-refractivity contribution in [3.63, 3.8) is 0 Å². The SMILES string of the molecule is O=CCCl.O=S([O-])O.O=S([O-])O.[Ca+2]. The van der Waals surface area contributed by atoms with Gasteiger partial charge in [0, 0.05) is 0 Å². The molecule has 0 radical (unpaired) electrons. The van der Waals surface area contributed by atoms with Gasteiger partial charge in [-0.25, -0.2) is 8.42 Å². The van der Waals surface area contributed by atoms with Crippen molar-refractivity contribution in [2.45, 2.75) is 0 Å². The summed E-state index contributed by atoms with van der Waals surface area (Å²) in [5, 5.41) is 0. The number of hydrogen-bond donors (Lipinski definition) is 2. The minimum atomic E-state index is -2.86. The summed E-state index contributed by atoms with van der Waals surface area (Å²) in [6.45, 7) is 0. The van der Waals surface area contributed by atoms with Gasteiger partial charge in [0.2, 0.25) is 0 Å². The van der Waals surface area contributed by atoms with Gasteiger partial charge in [0.25, 0.3) is 0 Å². The van der Waals surface area contributed by atoms with Crippen LogP contribution in [0, 0.1) is 0 Å². The Hall–Kier alpha value is 1.36. The van der Waals surface area contributed by atoms with Gasteiger partial charge in [-0.15, -0.1) is 11.6 Å². The number of aldehydes is 1. The van der Waals surface area contributed by atoms with Gasteiger partial charge < -0.3 is 23.0 Å². The van der Waals surface area contributed by atoms with Crippen LogP contribution in [0.1, 0.15) is 0 Å². The minimum Gasteiger partial charge on any atom is -0.750 e. The molecule has 0 aliphatic carbocycles. The number of hydrogen-bond acceptors (Lipinski definition) is 5. The summed E-state index contributed by atoms with van der Waals surface area (Å²) in [7, 11) is 0. The molecule has 2 atom stereocenters. The van der Waals surface area contributed by atoms with Crippen molar-refractivity contribution in [1.29, 1.82) is 0 Å². The zero-order valence-corrected chi connectivity index (χ0v) is 10.7. The van der Waals surface area contributed by atoms with Gasteiger partial charge in [0.05, 0.1) is 28.6 Å². The topological polar surface area (TPSA) is 138 Å². The van der Waals surface area contributed by atoms with Gasteiger partial charge >= 0.3 is 37.7 Å². The van der Waals surface area contributed by atoms with Crippen LogP contribution in [0.15, 0.2) is 0 Å². The smallest absolute Gasteiger partial charge is 0.750 e. The zero-order chi connectivity index (χ0) is 10.6. The van der Waals surface area contributed by atoms with Crippen LogP contribution in [0.2, 0.25) is 0 Å². The molecule has 7 nitrogen and oxygen atoms in total. The first-order valence-electron chi connectivity index (χ1n) is 1.94. The first-order chi connectivity index (χ1) is 5.38. The summed E-state index contributed by atoms with van der Waals surface area (Å²) in [4.78, 5) is 9.04. The average Bonchev–Trinajstić information content (AvgIpc) is 1.85. The Labute approximate surface area is 114 Å². The Morgan fingerprint density at radius 2 is 1.31 bits per heavy atom. The monoisotopic (exact) mass is 280 g/mol. The number of halogens is 1. The van der Waals surface area contributed by atoms with Crippen LogP contribution in [0.3, 0.4) is 0 Å². The van der Waals surface area contributed by atoms with Crippen molar-refractivity contribution in [2.75, 3.05) is 5.88 Å². The Kier molecular flexibility index (Phi) is 42.8.